The number of hydrogen-bond donors (Lipinski definition) is 0. The Kier molecular flexibility index (Phi) is 10.2. The fraction of sp³-hybridized carbons (Fsp3) is 0.553. The summed E-state index contributed by atoms with van der Waals surface area (Å²) in [6, 6.07) is 16.8. The third kappa shape index (κ3) is 6.69. The van der Waals surface area contributed by atoms with Crippen LogP contribution >= 0.6 is 0 Å². The van der Waals surface area contributed by atoms with Crippen molar-refractivity contribution in [2.24, 2.45) is 23.2 Å². The number of benzene rings is 2. The second kappa shape index (κ2) is 13.9. The molecule has 11 nitrogen and oxygen atoms in total. The number of carbonyl (C=O) groups is 5. The molecule has 8 atom stereocenters. The molecule has 2 saturated carbocycles. The van der Waals surface area contributed by atoms with Gasteiger partial charge in [-0.1, -0.05) is 57.2 Å². The Morgan fingerprint density at radius 1 is 0.776 bits per heavy atom. The van der Waals surface area contributed by atoms with Gasteiger partial charge in [-0.2, -0.15) is 0 Å². The van der Waals surface area contributed by atoms with Gasteiger partial charge in [-0.05, 0) is 62.8 Å². The second-order valence-electron chi connectivity index (χ2n) is 14.4. The van der Waals surface area contributed by atoms with Crippen molar-refractivity contribution in [2.75, 3.05) is 6.61 Å². The first-order chi connectivity index (χ1) is 23.1. The predicted molar refractivity (Wildman–Crippen MR) is 175 cm³/mol. The zero-order valence-electron chi connectivity index (χ0n) is 29.1. The first kappa shape index (κ1) is 36.0. The van der Waals surface area contributed by atoms with Crippen molar-refractivity contribution in [1.29, 1.82) is 0 Å². The molecule has 264 valence electrons. The highest BCUT2D eigenvalue weighted by Gasteiger charge is 2.82. The van der Waals surface area contributed by atoms with Crippen molar-refractivity contribution >= 4 is 29.8 Å². The SMILES string of the molecule is CC(=O)OC1C(OC(=O)c2ccccc2)CC(C)C23OC(C)(C)C(CC(OC(=O)c4ccccc4)C12COC(=O)CC(C)C)C3OC(C)=O. The summed E-state index contributed by atoms with van der Waals surface area (Å²) in [5.74, 6) is -4.20. The maximum atomic E-state index is 13.9. The van der Waals surface area contributed by atoms with Crippen LogP contribution in [0.25, 0.3) is 0 Å². The first-order valence-corrected chi connectivity index (χ1v) is 16.8. The molecular weight excluding hydrogens is 632 g/mol. The van der Waals surface area contributed by atoms with E-state index in [9.17, 15) is 24.0 Å². The lowest BCUT2D eigenvalue weighted by Crippen LogP contribution is -2.78. The fourth-order valence-corrected chi connectivity index (χ4v) is 8.32. The molecule has 3 aliphatic rings. The highest BCUT2D eigenvalue weighted by atomic mass is 16.6. The largest absolute Gasteiger partial charge is 0.465 e. The quantitative estimate of drug-likeness (QED) is 0.233. The van der Waals surface area contributed by atoms with E-state index in [4.69, 9.17) is 28.4 Å². The van der Waals surface area contributed by atoms with Crippen LogP contribution in [0.5, 0.6) is 0 Å². The van der Waals surface area contributed by atoms with Crippen molar-refractivity contribution < 1.29 is 52.4 Å². The smallest absolute Gasteiger partial charge is 0.338 e. The lowest BCUT2D eigenvalue weighted by atomic mass is 9.47. The van der Waals surface area contributed by atoms with Crippen LogP contribution in [-0.2, 0) is 42.8 Å². The molecule has 2 aliphatic carbocycles. The average Bonchev–Trinajstić information content (AvgIpc) is 3.20. The molecule has 2 aromatic carbocycles. The van der Waals surface area contributed by atoms with Gasteiger partial charge in [0.15, 0.2) is 6.10 Å². The molecular formula is C38H46O11. The number of esters is 5. The summed E-state index contributed by atoms with van der Waals surface area (Å²) >= 11 is 0. The lowest BCUT2D eigenvalue weighted by molar-refractivity contribution is -0.317. The van der Waals surface area contributed by atoms with E-state index in [1.807, 2.05) is 34.6 Å². The molecule has 0 radical (unpaired) electrons. The van der Waals surface area contributed by atoms with Crippen molar-refractivity contribution in [3.8, 4) is 0 Å². The van der Waals surface area contributed by atoms with E-state index in [0.29, 0.717) is 0 Å². The second-order valence-corrected chi connectivity index (χ2v) is 14.4. The van der Waals surface area contributed by atoms with Crippen molar-refractivity contribution in [2.45, 2.75) is 103 Å². The maximum Gasteiger partial charge on any atom is 0.338 e. The summed E-state index contributed by atoms with van der Waals surface area (Å²) < 4.78 is 38.0. The van der Waals surface area contributed by atoms with E-state index in [-0.39, 0.29) is 36.3 Å². The molecule has 5 rings (SSSR count). The van der Waals surface area contributed by atoms with E-state index in [1.54, 1.807) is 60.7 Å². The van der Waals surface area contributed by atoms with Gasteiger partial charge < -0.3 is 28.4 Å². The Morgan fingerprint density at radius 3 is 1.84 bits per heavy atom. The molecule has 11 heteroatoms. The zero-order chi connectivity index (χ0) is 35.7. The lowest BCUT2D eigenvalue weighted by Gasteiger charge is -2.63. The Bertz CT molecular complexity index is 1550. The summed E-state index contributed by atoms with van der Waals surface area (Å²) in [6.07, 6.45) is -4.19. The molecule has 8 unspecified atom stereocenters. The van der Waals surface area contributed by atoms with Gasteiger partial charge in [0, 0.05) is 26.2 Å². The van der Waals surface area contributed by atoms with E-state index in [2.05, 4.69) is 0 Å². The van der Waals surface area contributed by atoms with E-state index in [1.165, 1.54) is 13.8 Å². The molecule has 1 spiro atoms. The number of ether oxygens (including phenoxy) is 6. The van der Waals surface area contributed by atoms with Crippen LogP contribution in [0.2, 0.25) is 0 Å². The zero-order valence-corrected chi connectivity index (χ0v) is 29.1. The molecule has 3 fully saturated rings. The molecule has 0 aromatic heterocycles. The van der Waals surface area contributed by atoms with Gasteiger partial charge in [0.1, 0.15) is 35.9 Å². The van der Waals surface area contributed by atoms with Crippen LogP contribution in [0.1, 0.15) is 88.4 Å². The molecule has 0 amide bonds. The van der Waals surface area contributed by atoms with Gasteiger partial charge in [0.2, 0.25) is 0 Å². The van der Waals surface area contributed by atoms with Gasteiger partial charge in [-0.25, -0.2) is 9.59 Å². The molecule has 1 aliphatic heterocycles. The molecule has 2 bridgehead atoms. The Hall–Kier alpha value is -4.25. The van der Waals surface area contributed by atoms with Crippen molar-refractivity contribution in [3.05, 3.63) is 71.8 Å². The topological polar surface area (TPSA) is 141 Å². The van der Waals surface area contributed by atoms with Crippen molar-refractivity contribution in [1.82, 2.24) is 0 Å². The Labute approximate surface area is 286 Å². The van der Waals surface area contributed by atoms with E-state index in [0.717, 1.165) is 0 Å². The Balaban J connectivity index is 1.74. The molecule has 0 N–H and O–H groups in total. The van der Waals surface area contributed by atoms with Gasteiger partial charge in [0.05, 0.1) is 16.7 Å². The minimum Gasteiger partial charge on any atom is -0.465 e. The normalized spacial score (nSPS) is 31.2. The number of hydrogen-bond acceptors (Lipinski definition) is 11. The summed E-state index contributed by atoms with van der Waals surface area (Å²) in [6.45, 7) is 11.4. The maximum absolute atomic E-state index is 13.9. The standard InChI is InChI=1S/C38H46O11/c1-22(2)18-31(41)44-21-37-30(48-35(43)27-16-12-9-13-17-27)20-28-32(45-24(4)39)38(37,49-36(28,6)7)23(3)19-29(33(37)46-25(5)40)47-34(42)26-14-10-8-11-15-26/h8-17,22-23,28-30,32-33H,18-21H2,1-7H3. The van der Waals surface area contributed by atoms with Crippen LogP contribution in [0.15, 0.2) is 60.7 Å². The average molecular weight is 679 g/mol. The third-order valence-electron chi connectivity index (χ3n) is 10.2. The number of carbonyl (C=O) groups excluding carboxylic acids is 5. The minimum absolute atomic E-state index is 0.0361. The summed E-state index contributed by atoms with van der Waals surface area (Å²) in [7, 11) is 0. The predicted octanol–water partition coefficient (Wildman–Crippen LogP) is 5.48. The monoisotopic (exact) mass is 678 g/mol. The van der Waals surface area contributed by atoms with E-state index >= 15 is 0 Å². The number of fused-ring (bicyclic) bond motifs is 1. The molecule has 2 aromatic rings. The Morgan fingerprint density at radius 2 is 1.31 bits per heavy atom. The summed E-state index contributed by atoms with van der Waals surface area (Å²) in [5, 5.41) is 0. The highest BCUT2D eigenvalue weighted by molar-refractivity contribution is 5.90. The molecule has 49 heavy (non-hydrogen) atoms. The van der Waals surface area contributed by atoms with Crippen LogP contribution in [0, 0.1) is 23.2 Å². The summed E-state index contributed by atoms with van der Waals surface area (Å²) in [5.41, 5.74) is -3.62. The van der Waals surface area contributed by atoms with Gasteiger partial charge in [-0.3, -0.25) is 14.4 Å². The van der Waals surface area contributed by atoms with Gasteiger partial charge in [0.25, 0.3) is 0 Å². The minimum atomic E-state index is -1.71. The van der Waals surface area contributed by atoms with Crippen LogP contribution < -0.4 is 0 Å². The van der Waals surface area contributed by atoms with Gasteiger partial charge >= 0.3 is 29.8 Å². The first-order valence-electron chi connectivity index (χ1n) is 16.8. The molecule has 1 heterocycles. The van der Waals surface area contributed by atoms with E-state index < -0.39 is 89.3 Å². The van der Waals surface area contributed by atoms with Crippen LogP contribution in [0.3, 0.4) is 0 Å². The van der Waals surface area contributed by atoms with Crippen molar-refractivity contribution in [3.63, 3.8) is 0 Å². The fourth-order valence-electron chi connectivity index (χ4n) is 8.32. The third-order valence-corrected chi connectivity index (χ3v) is 10.2. The van der Waals surface area contributed by atoms with Crippen LogP contribution in [0.4, 0.5) is 0 Å². The number of rotatable bonds is 10. The van der Waals surface area contributed by atoms with Crippen LogP contribution in [-0.4, -0.2) is 72.1 Å². The molecule has 1 saturated heterocycles. The van der Waals surface area contributed by atoms with Gasteiger partial charge in [-0.15, -0.1) is 0 Å². The summed E-state index contributed by atoms with van der Waals surface area (Å²) in [4.78, 5) is 66.6. The highest BCUT2D eigenvalue weighted by Crippen LogP contribution is 2.68.